The summed E-state index contributed by atoms with van der Waals surface area (Å²) < 4.78 is 0. The molecule has 0 aromatic heterocycles. The molecule has 11 heteroatoms. The second-order valence-corrected chi connectivity index (χ2v) is 8.66. The van der Waals surface area contributed by atoms with Crippen LogP contribution in [0.15, 0.2) is 0 Å². The zero-order chi connectivity index (χ0) is 27.1. The molecule has 0 saturated carbocycles. The van der Waals surface area contributed by atoms with Gasteiger partial charge in [-0.2, -0.15) is 0 Å². The molecule has 0 heterocycles. The standard InChI is InChI=1S/C20H38N2O4.C4H7NO4/c1-2-3-4-5-6-7-8-9-10-11-12-13-14-15-19(24)22-17(20(25)26)16-18(21)23;5-2(4(8)9)1-3(6)7/h17H,2-16H2,1H3,(H2,21,23)(H,22,24)(H,25,26);2H,1,5H2,(H,6,7)(H,8,9). The first-order valence-corrected chi connectivity index (χ1v) is 12.5. The molecule has 8 N–H and O–H groups in total. The van der Waals surface area contributed by atoms with Gasteiger partial charge in [-0.25, -0.2) is 4.79 Å². The lowest BCUT2D eigenvalue weighted by Gasteiger charge is -2.12. The summed E-state index contributed by atoms with van der Waals surface area (Å²) in [5.74, 6) is -4.80. The van der Waals surface area contributed by atoms with Crippen molar-refractivity contribution in [3.8, 4) is 0 Å². The summed E-state index contributed by atoms with van der Waals surface area (Å²) in [6, 6.07) is -2.51. The first-order chi connectivity index (χ1) is 16.5. The molecule has 11 nitrogen and oxygen atoms in total. The van der Waals surface area contributed by atoms with Crippen molar-refractivity contribution in [3.63, 3.8) is 0 Å². The zero-order valence-corrected chi connectivity index (χ0v) is 21.0. The van der Waals surface area contributed by atoms with E-state index in [1.807, 2.05) is 0 Å². The lowest BCUT2D eigenvalue weighted by Crippen LogP contribution is -2.43. The minimum atomic E-state index is -1.29. The lowest BCUT2D eigenvalue weighted by molar-refractivity contribution is -0.144. The fraction of sp³-hybridized carbons (Fsp3) is 0.792. The zero-order valence-electron chi connectivity index (χ0n) is 21.0. The fourth-order valence-electron chi connectivity index (χ4n) is 3.25. The van der Waals surface area contributed by atoms with Gasteiger partial charge in [0.25, 0.3) is 0 Å². The van der Waals surface area contributed by atoms with Crippen LogP contribution in [-0.4, -0.2) is 57.1 Å². The molecule has 0 rings (SSSR count). The van der Waals surface area contributed by atoms with Crippen LogP contribution in [0.5, 0.6) is 0 Å². The molecular weight excluding hydrogens is 458 g/mol. The molecule has 0 aliphatic heterocycles. The van der Waals surface area contributed by atoms with Crippen LogP contribution in [0.4, 0.5) is 0 Å². The van der Waals surface area contributed by atoms with Crippen LogP contribution < -0.4 is 16.8 Å². The van der Waals surface area contributed by atoms with Gasteiger partial charge < -0.3 is 32.1 Å². The van der Waals surface area contributed by atoms with E-state index in [2.05, 4.69) is 12.2 Å². The third-order valence-corrected chi connectivity index (χ3v) is 5.26. The number of hydrogen-bond acceptors (Lipinski definition) is 6. The van der Waals surface area contributed by atoms with Crippen molar-refractivity contribution in [1.29, 1.82) is 0 Å². The molecule has 0 aliphatic carbocycles. The third-order valence-electron chi connectivity index (χ3n) is 5.26. The Morgan fingerprint density at radius 3 is 1.43 bits per heavy atom. The highest BCUT2D eigenvalue weighted by molar-refractivity contribution is 5.88. The number of amides is 2. The molecule has 2 unspecified atom stereocenters. The Balaban J connectivity index is 0. The third kappa shape index (κ3) is 25.8. The highest BCUT2D eigenvalue weighted by Gasteiger charge is 2.21. The van der Waals surface area contributed by atoms with Crippen molar-refractivity contribution in [2.45, 2.75) is 122 Å². The number of aliphatic carboxylic acids is 3. The van der Waals surface area contributed by atoms with Gasteiger partial charge in [-0.05, 0) is 6.42 Å². The smallest absolute Gasteiger partial charge is 0.326 e. The molecule has 0 spiro atoms. The van der Waals surface area contributed by atoms with Gasteiger partial charge in [0, 0.05) is 6.42 Å². The topological polar surface area (TPSA) is 210 Å². The number of carbonyl (C=O) groups excluding carboxylic acids is 2. The second-order valence-electron chi connectivity index (χ2n) is 8.66. The van der Waals surface area contributed by atoms with Crippen molar-refractivity contribution in [3.05, 3.63) is 0 Å². The van der Waals surface area contributed by atoms with Crippen LogP contribution in [-0.2, 0) is 24.0 Å². The number of carboxylic acid groups (broad SMARTS) is 3. The Kier molecular flexibility index (Phi) is 22.7. The average Bonchev–Trinajstić information content (AvgIpc) is 2.76. The molecule has 0 aromatic rings. The number of nitrogens with two attached hydrogens (primary N) is 2. The molecule has 0 radical (unpaired) electrons. The van der Waals surface area contributed by atoms with Gasteiger partial charge in [0.15, 0.2) is 0 Å². The van der Waals surface area contributed by atoms with E-state index in [0.29, 0.717) is 6.42 Å². The molecule has 204 valence electrons. The van der Waals surface area contributed by atoms with Gasteiger partial charge >= 0.3 is 17.9 Å². The SMILES string of the molecule is CCCCCCCCCCCCCCCC(=O)NC(CC(N)=O)C(=O)O.NC(CC(=O)O)C(=O)O. The van der Waals surface area contributed by atoms with Gasteiger partial charge in [0.05, 0.1) is 12.8 Å². The van der Waals surface area contributed by atoms with E-state index < -0.39 is 42.3 Å². The molecule has 0 bridgehead atoms. The van der Waals surface area contributed by atoms with Crippen LogP contribution in [0.25, 0.3) is 0 Å². The molecule has 2 amide bonds. The number of rotatable bonds is 21. The van der Waals surface area contributed by atoms with E-state index in [1.165, 1.54) is 64.2 Å². The first kappa shape index (κ1) is 34.5. The lowest BCUT2D eigenvalue weighted by atomic mass is 10.0. The Labute approximate surface area is 208 Å². The normalized spacial score (nSPS) is 12.1. The molecule has 0 fully saturated rings. The van der Waals surface area contributed by atoms with Crippen LogP contribution >= 0.6 is 0 Å². The van der Waals surface area contributed by atoms with Crippen LogP contribution in [0.1, 0.15) is 110 Å². The van der Waals surface area contributed by atoms with E-state index in [-0.39, 0.29) is 12.3 Å². The highest BCUT2D eigenvalue weighted by Crippen LogP contribution is 2.13. The number of nitrogens with one attached hydrogen (secondary N) is 1. The van der Waals surface area contributed by atoms with E-state index in [4.69, 9.17) is 26.8 Å². The van der Waals surface area contributed by atoms with Gasteiger partial charge in [-0.1, -0.05) is 84.0 Å². The van der Waals surface area contributed by atoms with Gasteiger partial charge in [0.1, 0.15) is 12.1 Å². The minimum Gasteiger partial charge on any atom is -0.481 e. The summed E-state index contributed by atoms with van der Waals surface area (Å²) in [5.41, 5.74) is 9.82. The van der Waals surface area contributed by atoms with E-state index >= 15 is 0 Å². The molecule has 2 atom stereocenters. The molecule has 0 aromatic carbocycles. The minimum absolute atomic E-state index is 0.292. The maximum absolute atomic E-state index is 11.7. The monoisotopic (exact) mass is 503 g/mol. The second kappa shape index (κ2) is 23.1. The van der Waals surface area contributed by atoms with Crippen LogP contribution in [0.3, 0.4) is 0 Å². The summed E-state index contributed by atoms with van der Waals surface area (Å²) >= 11 is 0. The summed E-state index contributed by atoms with van der Waals surface area (Å²) in [4.78, 5) is 53.1. The average molecular weight is 504 g/mol. The highest BCUT2D eigenvalue weighted by atomic mass is 16.4. The maximum atomic E-state index is 11.7. The van der Waals surface area contributed by atoms with E-state index in [0.717, 1.165) is 19.3 Å². The summed E-state index contributed by atoms with van der Waals surface area (Å²) in [5, 5.41) is 27.3. The predicted molar refractivity (Wildman–Crippen MR) is 132 cm³/mol. The quantitative estimate of drug-likeness (QED) is 0.127. The van der Waals surface area contributed by atoms with Gasteiger partial charge in [-0.15, -0.1) is 0 Å². The van der Waals surface area contributed by atoms with Gasteiger partial charge in [-0.3, -0.25) is 19.2 Å². The van der Waals surface area contributed by atoms with Crippen molar-refractivity contribution in [2.75, 3.05) is 0 Å². The van der Waals surface area contributed by atoms with Crippen LogP contribution in [0, 0.1) is 0 Å². The van der Waals surface area contributed by atoms with Crippen molar-refractivity contribution in [1.82, 2.24) is 5.32 Å². The molecule has 0 aliphatic rings. The Bertz CT molecular complexity index is 628. The first-order valence-electron chi connectivity index (χ1n) is 12.5. The predicted octanol–water partition coefficient (Wildman–Crippen LogP) is 2.79. The molecule has 35 heavy (non-hydrogen) atoms. The Hall–Kier alpha value is -2.69. The maximum Gasteiger partial charge on any atom is 0.326 e. The Morgan fingerprint density at radius 2 is 1.11 bits per heavy atom. The summed E-state index contributed by atoms with van der Waals surface area (Å²) in [6.07, 6.45) is 15.4. The van der Waals surface area contributed by atoms with Crippen LogP contribution in [0.2, 0.25) is 0 Å². The Morgan fingerprint density at radius 1 is 0.686 bits per heavy atom. The number of carboxylic acids is 3. The van der Waals surface area contributed by atoms with E-state index in [1.54, 1.807) is 0 Å². The largest absolute Gasteiger partial charge is 0.481 e. The summed E-state index contributed by atoms with van der Waals surface area (Å²) in [6.45, 7) is 2.24. The fourth-order valence-corrected chi connectivity index (χ4v) is 3.25. The van der Waals surface area contributed by atoms with Gasteiger partial charge in [0.2, 0.25) is 11.8 Å². The number of hydrogen-bond donors (Lipinski definition) is 6. The van der Waals surface area contributed by atoms with E-state index in [9.17, 15) is 24.0 Å². The number of unbranched alkanes of at least 4 members (excludes halogenated alkanes) is 12. The van der Waals surface area contributed by atoms with Crippen molar-refractivity contribution < 1.29 is 39.3 Å². The van der Waals surface area contributed by atoms with Crippen molar-refractivity contribution in [2.24, 2.45) is 11.5 Å². The van der Waals surface area contributed by atoms with Crippen molar-refractivity contribution >= 4 is 29.7 Å². The number of primary amides is 1. The molecular formula is C24H45N3O8. The molecule has 0 saturated heterocycles. The summed E-state index contributed by atoms with van der Waals surface area (Å²) in [7, 11) is 0. The number of carbonyl (C=O) groups is 5.